The fourth-order valence-corrected chi connectivity index (χ4v) is 3.38. The maximum atomic E-state index is 12.5. The van der Waals surface area contributed by atoms with Gasteiger partial charge in [-0.1, -0.05) is 6.07 Å². The predicted octanol–water partition coefficient (Wildman–Crippen LogP) is 2.63. The number of hydrogen-bond acceptors (Lipinski definition) is 7. The molecule has 1 N–H and O–H groups in total. The lowest BCUT2D eigenvalue weighted by Crippen LogP contribution is -2.16. The lowest BCUT2D eigenvalue weighted by molar-refractivity contribution is 0.0838. The molecule has 0 atom stereocenters. The van der Waals surface area contributed by atoms with Gasteiger partial charge in [-0.3, -0.25) is 15.1 Å². The van der Waals surface area contributed by atoms with Crippen LogP contribution in [0.5, 0.6) is 0 Å². The summed E-state index contributed by atoms with van der Waals surface area (Å²) in [5.41, 5.74) is 0.864. The Balaban J connectivity index is 1.54. The molecule has 24 heavy (non-hydrogen) atoms. The normalized spacial score (nSPS) is 15.5. The first-order valence-electron chi connectivity index (χ1n) is 7.74. The number of fused-ring (bicyclic) bond motifs is 1. The largest absolute Gasteiger partial charge is 0.381 e. The van der Waals surface area contributed by atoms with Gasteiger partial charge in [0.05, 0.1) is 0 Å². The number of carbonyl (C=O) groups excluding carboxylic acids is 1. The summed E-state index contributed by atoms with van der Waals surface area (Å²) in [6.07, 6.45) is 5.08. The minimum atomic E-state index is -0.325. The van der Waals surface area contributed by atoms with Crippen LogP contribution in [0.15, 0.2) is 30.6 Å². The van der Waals surface area contributed by atoms with E-state index in [1.165, 1.54) is 11.5 Å². The number of pyridine rings is 2. The van der Waals surface area contributed by atoms with Crippen LogP contribution in [0.25, 0.3) is 10.9 Å². The van der Waals surface area contributed by atoms with Crippen LogP contribution in [0.1, 0.15) is 35.1 Å². The van der Waals surface area contributed by atoms with Crippen LogP contribution < -0.4 is 5.32 Å². The van der Waals surface area contributed by atoms with Gasteiger partial charge in [0.15, 0.2) is 5.69 Å². The van der Waals surface area contributed by atoms with Crippen molar-refractivity contribution in [3.05, 3.63) is 42.1 Å². The number of nitrogens with zero attached hydrogens (tertiary/aromatic N) is 4. The number of anilines is 1. The van der Waals surface area contributed by atoms with Crippen LogP contribution in [0.3, 0.4) is 0 Å². The molecule has 122 valence electrons. The van der Waals surface area contributed by atoms with Crippen molar-refractivity contribution in [1.82, 2.24) is 19.3 Å². The highest BCUT2D eigenvalue weighted by Gasteiger charge is 2.21. The van der Waals surface area contributed by atoms with Crippen molar-refractivity contribution in [3.8, 4) is 0 Å². The van der Waals surface area contributed by atoms with Gasteiger partial charge in [0.2, 0.25) is 5.13 Å². The van der Waals surface area contributed by atoms with Gasteiger partial charge in [0.25, 0.3) is 5.91 Å². The van der Waals surface area contributed by atoms with E-state index in [0.29, 0.717) is 16.6 Å². The Morgan fingerprint density at radius 1 is 1.21 bits per heavy atom. The molecule has 4 rings (SSSR count). The molecule has 0 aliphatic carbocycles. The summed E-state index contributed by atoms with van der Waals surface area (Å²) < 4.78 is 9.73. The number of hydrogen-bond donors (Lipinski definition) is 1. The number of rotatable bonds is 3. The highest BCUT2D eigenvalue weighted by Crippen LogP contribution is 2.27. The quantitative estimate of drug-likeness (QED) is 0.787. The number of ether oxygens (including phenoxy) is 1. The van der Waals surface area contributed by atoms with Crippen molar-refractivity contribution in [2.75, 3.05) is 18.5 Å². The zero-order valence-corrected chi connectivity index (χ0v) is 13.6. The smallest absolute Gasteiger partial charge is 0.278 e. The molecule has 3 aromatic heterocycles. The third-order valence-electron chi connectivity index (χ3n) is 3.98. The molecule has 4 heterocycles. The van der Waals surface area contributed by atoms with Gasteiger partial charge in [-0.15, -0.1) is 0 Å². The first-order chi connectivity index (χ1) is 11.8. The summed E-state index contributed by atoms with van der Waals surface area (Å²) in [5, 5.41) is 4.14. The lowest BCUT2D eigenvalue weighted by atomic mass is 10.00. The van der Waals surface area contributed by atoms with E-state index >= 15 is 0 Å². The molecular weight excluding hydrogens is 326 g/mol. The average molecular weight is 341 g/mol. The molecule has 3 aromatic rings. The Morgan fingerprint density at radius 3 is 2.96 bits per heavy atom. The summed E-state index contributed by atoms with van der Waals surface area (Å²) in [6.45, 7) is 1.47. The Bertz CT molecular complexity index is 870. The fraction of sp³-hybridized carbons (Fsp3) is 0.312. The van der Waals surface area contributed by atoms with Gasteiger partial charge < -0.3 is 4.74 Å². The molecule has 0 saturated carbocycles. The van der Waals surface area contributed by atoms with Crippen LogP contribution in [-0.4, -0.2) is 38.4 Å². The second kappa shape index (κ2) is 6.58. The molecule has 1 saturated heterocycles. The molecule has 0 spiro atoms. The summed E-state index contributed by atoms with van der Waals surface area (Å²) in [6, 6.07) is 5.55. The first kappa shape index (κ1) is 15.1. The maximum Gasteiger partial charge on any atom is 0.278 e. The third kappa shape index (κ3) is 2.98. The standard InChI is InChI=1S/C16H15N5O2S/c22-15(13-12-10(3-7-18-13)2-1-6-17-12)20-16-19-14(21-24-16)11-4-8-23-9-5-11/h1-3,6-7,11H,4-5,8-9H2,(H,19,20,21,22). The molecule has 0 unspecified atom stereocenters. The van der Waals surface area contributed by atoms with Crippen molar-refractivity contribution < 1.29 is 9.53 Å². The second-order valence-electron chi connectivity index (χ2n) is 5.53. The van der Waals surface area contributed by atoms with Crippen LogP contribution in [0, 0.1) is 0 Å². The maximum absolute atomic E-state index is 12.5. The van der Waals surface area contributed by atoms with E-state index in [4.69, 9.17) is 4.74 Å². The summed E-state index contributed by atoms with van der Waals surface area (Å²) >= 11 is 1.19. The SMILES string of the molecule is O=C(Nc1nc(C2CCOCC2)ns1)c1nccc2cccnc12. The Labute approximate surface area is 142 Å². The van der Waals surface area contributed by atoms with Crippen molar-refractivity contribution in [3.63, 3.8) is 0 Å². The zero-order valence-electron chi connectivity index (χ0n) is 12.8. The molecule has 1 aliphatic heterocycles. The second-order valence-corrected chi connectivity index (χ2v) is 6.29. The minimum absolute atomic E-state index is 0.288. The molecule has 7 nitrogen and oxygen atoms in total. The summed E-state index contributed by atoms with van der Waals surface area (Å²) in [5.74, 6) is 0.759. The van der Waals surface area contributed by atoms with Gasteiger partial charge >= 0.3 is 0 Å². The molecule has 1 aliphatic rings. The van der Waals surface area contributed by atoms with Crippen LogP contribution in [-0.2, 0) is 4.74 Å². The predicted molar refractivity (Wildman–Crippen MR) is 90.2 cm³/mol. The van der Waals surface area contributed by atoms with Crippen LogP contribution in [0.2, 0.25) is 0 Å². The van der Waals surface area contributed by atoms with E-state index in [2.05, 4.69) is 24.6 Å². The Kier molecular flexibility index (Phi) is 4.14. The first-order valence-corrected chi connectivity index (χ1v) is 8.51. The molecular formula is C16H15N5O2S. The van der Waals surface area contributed by atoms with Gasteiger partial charge in [0.1, 0.15) is 11.3 Å². The Hall–Kier alpha value is -2.45. The van der Waals surface area contributed by atoms with E-state index in [1.54, 1.807) is 12.4 Å². The number of aromatic nitrogens is 4. The number of nitrogens with one attached hydrogen (secondary N) is 1. The molecule has 1 amide bonds. The van der Waals surface area contributed by atoms with E-state index < -0.39 is 0 Å². The third-order valence-corrected chi connectivity index (χ3v) is 4.63. The topological polar surface area (TPSA) is 89.9 Å². The van der Waals surface area contributed by atoms with E-state index in [9.17, 15) is 4.79 Å². The van der Waals surface area contributed by atoms with Gasteiger partial charge in [0, 0.05) is 48.4 Å². The average Bonchev–Trinajstić information content (AvgIpc) is 3.10. The minimum Gasteiger partial charge on any atom is -0.381 e. The van der Waals surface area contributed by atoms with E-state index in [-0.39, 0.29) is 11.6 Å². The molecule has 1 fully saturated rings. The molecule has 0 aromatic carbocycles. The molecule has 0 bridgehead atoms. The lowest BCUT2D eigenvalue weighted by Gasteiger charge is -2.18. The van der Waals surface area contributed by atoms with Gasteiger partial charge in [-0.2, -0.15) is 4.37 Å². The summed E-state index contributed by atoms with van der Waals surface area (Å²) in [7, 11) is 0. The van der Waals surface area contributed by atoms with Crippen molar-refractivity contribution in [2.45, 2.75) is 18.8 Å². The fourth-order valence-electron chi connectivity index (χ4n) is 2.73. The monoisotopic (exact) mass is 341 g/mol. The van der Waals surface area contributed by atoms with E-state index in [1.807, 2.05) is 18.2 Å². The van der Waals surface area contributed by atoms with Crippen molar-refractivity contribution in [2.24, 2.45) is 0 Å². The van der Waals surface area contributed by atoms with Gasteiger partial charge in [-0.05, 0) is 25.0 Å². The Morgan fingerprint density at radius 2 is 2.08 bits per heavy atom. The van der Waals surface area contributed by atoms with E-state index in [0.717, 1.165) is 37.3 Å². The zero-order chi connectivity index (χ0) is 16.4. The molecule has 0 radical (unpaired) electrons. The molecule has 8 heteroatoms. The highest BCUT2D eigenvalue weighted by atomic mass is 32.1. The number of amides is 1. The summed E-state index contributed by atoms with van der Waals surface area (Å²) in [4.78, 5) is 25.4. The van der Waals surface area contributed by atoms with Crippen molar-refractivity contribution in [1.29, 1.82) is 0 Å². The van der Waals surface area contributed by atoms with Gasteiger partial charge in [-0.25, -0.2) is 9.97 Å². The number of carbonyl (C=O) groups is 1. The van der Waals surface area contributed by atoms with Crippen molar-refractivity contribution >= 4 is 33.5 Å². The van der Waals surface area contributed by atoms with Crippen LogP contribution >= 0.6 is 11.5 Å². The van der Waals surface area contributed by atoms with Crippen LogP contribution in [0.4, 0.5) is 5.13 Å². The highest BCUT2D eigenvalue weighted by molar-refractivity contribution is 7.09.